The molecule has 23 heavy (non-hydrogen) atoms. The number of fused-ring (bicyclic) bond motifs is 2. The molecule has 9 heteroatoms. The molecule has 4 N–H and O–H groups in total. The molecule has 0 fully saturated rings. The van der Waals surface area contributed by atoms with Crippen LogP contribution in [0.4, 0.5) is 0 Å². The van der Waals surface area contributed by atoms with Crippen LogP contribution in [-0.4, -0.2) is 28.3 Å². The molecule has 3 rings (SSSR count). The summed E-state index contributed by atoms with van der Waals surface area (Å²) in [5.74, 6) is -2.34. The predicted octanol–water partition coefficient (Wildman–Crippen LogP) is -2.81. The molecule has 2 unspecified atom stereocenters. The SMILES string of the molecule is O=S(=O)(O)c1cc2c(c(O)c1[O-])C(O)c1ccccc1C2O.[Na+]. The molecule has 7 nitrogen and oxygen atoms in total. The second-order valence-electron chi connectivity index (χ2n) is 4.96. The number of aromatic hydroxyl groups is 1. The molecule has 0 radical (unpaired) electrons. The average Bonchev–Trinajstić information content (AvgIpc) is 2.46. The van der Waals surface area contributed by atoms with Crippen molar-refractivity contribution in [2.24, 2.45) is 0 Å². The molecule has 116 valence electrons. The number of benzene rings is 2. The van der Waals surface area contributed by atoms with Gasteiger partial charge in [-0.2, -0.15) is 8.42 Å². The van der Waals surface area contributed by atoms with Crippen LogP contribution in [0.2, 0.25) is 0 Å². The first-order chi connectivity index (χ1) is 10.2. The summed E-state index contributed by atoms with van der Waals surface area (Å²) < 4.78 is 31.5. The molecular weight excluding hydrogens is 335 g/mol. The molecule has 0 spiro atoms. The first kappa shape index (κ1) is 18.2. The van der Waals surface area contributed by atoms with Crippen molar-refractivity contribution in [3.8, 4) is 11.5 Å². The van der Waals surface area contributed by atoms with Crippen molar-refractivity contribution in [3.63, 3.8) is 0 Å². The van der Waals surface area contributed by atoms with Gasteiger partial charge in [-0.1, -0.05) is 24.3 Å². The minimum Gasteiger partial charge on any atom is -0.869 e. The van der Waals surface area contributed by atoms with Gasteiger partial charge in [0, 0.05) is 5.56 Å². The summed E-state index contributed by atoms with van der Waals surface area (Å²) in [6.07, 6.45) is -2.74. The van der Waals surface area contributed by atoms with Gasteiger partial charge in [0.1, 0.15) is 18.0 Å². The van der Waals surface area contributed by atoms with Crippen LogP contribution in [0.25, 0.3) is 0 Å². The first-order valence-electron chi connectivity index (χ1n) is 6.22. The van der Waals surface area contributed by atoms with Crippen LogP contribution in [0.15, 0.2) is 35.2 Å². The third kappa shape index (κ3) is 2.76. The van der Waals surface area contributed by atoms with Crippen molar-refractivity contribution < 1.29 is 63.0 Å². The van der Waals surface area contributed by atoms with E-state index in [0.29, 0.717) is 11.1 Å². The third-order valence-corrected chi connectivity index (χ3v) is 4.58. The number of phenolic OH excluding ortho intramolecular Hbond substituents is 1. The van der Waals surface area contributed by atoms with E-state index in [0.717, 1.165) is 6.07 Å². The molecule has 2 atom stereocenters. The van der Waals surface area contributed by atoms with Crippen molar-refractivity contribution in [2.45, 2.75) is 17.1 Å². The maximum atomic E-state index is 11.9. The summed E-state index contributed by atoms with van der Waals surface area (Å²) in [6, 6.07) is 7.05. The molecule has 1 aliphatic rings. The summed E-state index contributed by atoms with van der Waals surface area (Å²) in [6.45, 7) is 0. The Bertz CT molecular complexity index is 879. The number of phenols is 1. The van der Waals surface area contributed by atoms with E-state index in [2.05, 4.69) is 0 Å². The van der Waals surface area contributed by atoms with Crippen LogP contribution in [0.3, 0.4) is 0 Å². The van der Waals surface area contributed by atoms with Gasteiger partial charge in [0.2, 0.25) is 0 Å². The van der Waals surface area contributed by atoms with E-state index < -0.39 is 38.7 Å². The fraction of sp³-hybridized carbons (Fsp3) is 0.143. The van der Waals surface area contributed by atoms with Crippen LogP contribution >= 0.6 is 0 Å². The normalized spacial score (nSPS) is 19.4. The minimum absolute atomic E-state index is 0. The summed E-state index contributed by atoms with van der Waals surface area (Å²) >= 11 is 0. The topological polar surface area (TPSA) is 138 Å². The number of aliphatic hydroxyl groups is 2. The van der Waals surface area contributed by atoms with Crippen LogP contribution in [0.5, 0.6) is 11.5 Å². The van der Waals surface area contributed by atoms with E-state index in [9.17, 15) is 28.8 Å². The second kappa shape index (κ2) is 6.06. The van der Waals surface area contributed by atoms with Crippen LogP contribution in [-0.2, 0) is 10.1 Å². The number of hydrogen-bond acceptors (Lipinski definition) is 6. The first-order valence-corrected chi connectivity index (χ1v) is 7.66. The monoisotopic (exact) mass is 346 g/mol. The average molecular weight is 346 g/mol. The fourth-order valence-corrected chi connectivity index (χ4v) is 3.30. The van der Waals surface area contributed by atoms with Gasteiger partial charge in [0.05, 0.1) is 4.90 Å². The summed E-state index contributed by atoms with van der Waals surface area (Å²) in [4.78, 5) is -1.05. The quantitative estimate of drug-likeness (QED) is 0.323. The van der Waals surface area contributed by atoms with Gasteiger partial charge in [-0.25, -0.2) is 0 Å². The van der Waals surface area contributed by atoms with Crippen LogP contribution in [0, 0.1) is 0 Å². The second-order valence-corrected chi connectivity index (χ2v) is 6.35. The maximum absolute atomic E-state index is 11.9. The fourth-order valence-electron chi connectivity index (χ4n) is 2.70. The zero-order valence-corrected chi connectivity index (χ0v) is 14.8. The molecule has 0 bridgehead atoms. The standard InChI is InChI=1S/C14H12O7S.Na/c15-11-6-3-1-2-4-7(6)12(16)10-8(11)5-9(22(19,20)21)13(17)14(10)18;/h1-5,11-12,15-18H,(H,19,20,21);/q;+1/p-1. The van der Waals surface area contributed by atoms with Crippen molar-refractivity contribution in [2.75, 3.05) is 0 Å². The van der Waals surface area contributed by atoms with Crippen molar-refractivity contribution in [1.82, 2.24) is 0 Å². The molecule has 0 saturated heterocycles. The maximum Gasteiger partial charge on any atom is 1.00 e. The minimum atomic E-state index is -4.87. The summed E-state index contributed by atoms with van der Waals surface area (Å²) in [7, 11) is -4.87. The van der Waals surface area contributed by atoms with Crippen LogP contribution < -0.4 is 34.7 Å². The van der Waals surface area contributed by atoms with Gasteiger partial charge < -0.3 is 20.4 Å². The molecule has 0 aliphatic heterocycles. The third-order valence-electron chi connectivity index (χ3n) is 3.72. The molecule has 0 heterocycles. The molecule has 2 aromatic carbocycles. The van der Waals surface area contributed by atoms with E-state index in [1.807, 2.05) is 0 Å². The van der Waals surface area contributed by atoms with Crippen molar-refractivity contribution >= 4 is 10.1 Å². The number of hydrogen-bond donors (Lipinski definition) is 4. The van der Waals surface area contributed by atoms with E-state index in [1.165, 1.54) is 12.1 Å². The summed E-state index contributed by atoms with van der Waals surface area (Å²) in [5.41, 5.74) is 0.221. The Morgan fingerprint density at radius 2 is 1.52 bits per heavy atom. The van der Waals surface area contributed by atoms with Gasteiger partial charge >= 0.3 is 29.6 Å². The van der Waals surface area contributed by atoms with Crippen molar-refractivity contribution in [1.29, 1.82) is 0 Å². The largest absolute Gasteiger partial charge is 1.00 e. The Hall–Kier alpha value is -1.13. The van der Waals surface area contributed by atoms with Crippen LogP contribution in [0.1, 0.15) is 34.5 Å². The van der Waals surface area contributed by atoms with E-state index >= 15 is 0 Å². The molecular formula is C14H11NaO7S. The smallest absolute Gasteiger partial charge is 0.869 e. The number of rotatable bonds is 1. The zero-order chi connectivity index (χ0) is 16.2. The molecule has 0 saturated carbocycles. The molecule has 0 aromatic heterocycles. The molecule has 0 amide bonds. The Morgan fingerprint density at radius 1 is 1.00 bits per heavy atom. The Morgan fingerprint density at radius 3 is 2.04 bits per heavy atom. The van der Waals surface area contributed by atoms with Crippen molar-refractivity contribution in [3.05, 3.63) is 52.6 Å². The van der Waals surface area contributed by atoms with Gasteiger partial charge in [-0.05, 0) is 28.5 Å². The molecule has 2 aromatic rings. The Kier molecular flexibility index (Phi) is 4.80. The van der Waals surface area contributed by atoms with E-state index in [1.54, 1.807) is 12.1 Å². The predicted molar refractivity (Wildman–Crippen MR) is 71.9 cm³/mol. The van der Waals surface area contributed by atoms with E-state index in [-0.39, 0.29) is 40.7 Å². The Balaban J connectivity index is 0.00000192. The van der Waals surface area contributed by atoms with Gasteiger partial charge in [-0.3, -0.25) is 4.55 Å². The Labute approximate surface area is 153 Å². The summed E-state index contributed by atoms with van der Waals surface area (Å²) in [5, 5.41) is 42.5. The van der Waals surface area contributed by atoms with Gasteiger partial charge in [0.15, 0.2) is 0 Å². The van der Waals surface area contributed by atoms with Gasteiger partial charge in [0.25, 0.3) is 10.1 Å². The van der Waals surface area contributed by atoms with Gasteiger partial charge in [-0.15, -0.1) is 0 Å². The zero-order valence-electron chi connectivity index (χ0n) is 12.0. The molecule has 1 aliphatic carbocycles. The number of aliphatic hydroxyl groups excluding tert-OH is 2. The van der Waals surface area contributed by atoms with E-state index in [4.69, 9.17) is 4.55 Å².